The number of anilines is 1. The topological polar surface area (TPSA) is 76.9 Å². The van der Waals surface area contributed by atoms with Crippen molar-refractivity contribution in [2.75, 3.05) is 24.6 Å². The molecule has 26 heavy (non-hydrogen) atoms. The number of pyridine rings is 1. The quantitative estimate of drug-likeness (QED) is 0.702. The number of hydrogen-bond acceptors (Lipinski definition) is 7. The monoisotopic (exact) mass is 346 g/mol. The fraction of sp³-hybridized carbons (Fsp3) is 0.316. The second-order valence-electron chi connectivity index (χ2n) is 6.80. The summed E-state index contributed by atoms with van der Waals surface area (Å²) in [6.07, 6.45) is 9.97. The van der Waals surface area contributed by atoms with Crippen molar-refractivity contribution in [3.05, 3.63) is 60.4 Å². The molecule has 1 spiro atoms. The highest BCUT2D eigenvalue weighted by molar-refractivity contribution is 5.54. The zero-order valence-corrected chi connectivity index (χ0v) is 14.2. The molecule has 7 heteroatoms. The zero-order chi connectivity index (χ0) is 17.4. The van der Waals surface area contributed by atoms with Crippen LogP contribution in [-0.4, -0.2) is 44.6 Å². The van der Waals surface area contributed by atoms with E-state index >= 15 is 0 Å². The molecule has 5 rings (SSSR count). The first kappa shape index (κ1) is 15.3. The first-order valence-corrected chi connectivity index (χ1v) is 8.71. The van der Waals surface area contributed by atoms with Gasteiger partial charge in [-0.2, -0.15) is 0 Å². The number of hydrogen-bond donors (Lipinski definition) is 0. The van der Waals surface area contributed by atoms with E-state index in [9.17, 15) is 0 Å². The van der Waals surface area contributed by atoms with E-state index in [2.05, 4.69) is 24.8 Å². The SMILES string of the molecule is c1cnc(N2CCC3(COCc4cnc(-c5cccnc5)nc43)C2)nc1. The molecular formula is C19H18N6O. The van der Waals surface area contributed by atoms with E-state index in [1.54, 1.807) is 24.8 Å². The largest absolute Gasteiger partial charge is 0.376 e. The summed E-state index contributed by atoms with van der Waals surface area (Å²) in [6, 6.07) is 5.72. The average molecular weight is 346 g/mol. The lowest BCUT2D eigenvalue weighted by Gasteiger charge is -2.34. The molecule has 0 radical (unpaired) electrons. The lowest BCUT2D eigenvalue weighted by Crippen LogP contribution is -2.40. The molecule has 2 aliphatic heterocycles. The van der Waals surface area contributed by atoms with Crippen LogP contribution in [0.3, 0.4) is 0 Å². The molecule has 1 unspecified atom stereocenters. The number of aromatic nitrogens is 5. The van der Waals surface area contributed by atoms with Crippen molar-refractivity contribution in [3.63, 3.8) is 0 Å². The van der Waals surface area contributed by atoms with E-state index in [1.165, 1.54) is 0 Å². The first-order valence-electron chi connectivity index (χ1n) is 8.71. The van der Waals surface area contributed by atoms with E-state index in [-0.39, 0.29) is 5.41 Å². The third-order valence-corrected chi connectivity index (χ3v) is 5.11. The highest BCUT2D eigenvalue weighted by atomic mass is 16.5. The maximum Gasteiger partial charge on any atom is 0.225 e. The van der Waals surface area contributed by atoms with Gasteiger partial charge >= 0.3 is 0 Å². The predicted molar refractivity (Wildman–Crippen MR) is 95.5 cm³/mol. The molecule has 130 valence electrons. The third kappa shape index (κ3) is 2.52. The maximum atomic E-state index is 5.90. The van der Waals surface area contributed by atoms with E-state index in [1.807, 2.05) is 24.4 Å². The van der Waals surface area contributed by atoms with Crippen LogP contribution in [-0.2, 0) is 16.8 Å². The molecule has 0 amide bonds. The summed E-state index contributed by atoms with van der Waals surface area (Å²) >= 11 is 0. The minimum absolute atomic E-state index is 0.146. The van der Waals surface area contributed by atoms with Gasteiger partial charge in [-0.25, -0.2) is 19.9 Å². The summed E-state index contributed by atoms with van der Waals surface area (Å²) in [5.74, 6) is 1.48. The molecule has 1 saturated heterocycles. The van der Waals surface area contributed by atoms with Gasteiger partial charge in [0.1, 0.15) is 0 Å². The number of nitrogens with zero attached hydrogens (tertiary/aromatic N) is 6. The predicted octanol–water partition coefficient (Wildman–Crippen LogP) is 2.01. The Balaban J connectivity index is 1.53. The van der Waals surface area contributed by atoms with Gasteiger partial charge in [-0.15, -0.1) is 0 Å². The van der Waals surface area contributed by atoms with Gasteiger partial charge in [-0.05, 0) is 24.6 Å². The van der Waals surface area contributed by atoms with Gasteiger partial charge in [0.05, 0.1) is 24.3 Å². The summed E-state index contributed by atoms with van der Waals surface area (Å²) in [5.41, 5.74) is 2.95. The van der Waals surface area contributed by atoms with Crippen molar-refractivity contribution >= 4 is 5.95 Å². The summed E-state index contributed by atoms with van der Waals surface area (Å²) in [5, 5.41) is 0. The summed E-state index contributed by atoms with van der Waals surface area (Å²) in [4.78, 5) is 24.7. The second-order valence-corrected chi connectivity index (χ2v) is 6.80. The van der Waals surface area contributed by atoms with Crippen LogP contribution in [0.5, 0.6) is 0 Å². The number of fused-ring (bicyclic) bond motifs is 2. The maximum absolute atomic E-state index is 5.90. The fourth-order valence-corrected chi connectivity index (χ4v) is 3.84. The van der Waals surface area contributed by atoms with Crippen LogP contribution in [0.25, 0.3) is 11.4 Å². The molecule has 0 saturated carbocycles. The van der Waals surface area contributed by atoms with Gasteiger partial charge in [0, 0.05) is 55.2 Å². The minimum Gasteiger partial charge on any atom is -0.376 e. The number of ether oxygens (including phenoxy) is 1. The van der Waals surface area contributed by atoms with Crippen LogP contribution in [0.4, 0.5) is 5.95 Å². The van der Waals surface area contributed by atoms with Gasteiger partial charge in [0.2, 0.25) is 5.95 Å². The molecule has 0 bridgehead atoms. The average Bonchev–Trinajstić information content (AvgIpc) is 3.14. The highest BCUT2D eigenvalue weighted by Crippen LogP contribution is 2.40. The molecule has 0 aliphatic carbocycles. The van der Waals surface area contributed by atoms with Crippen molar-refractivity contribution < 1.29 is 4.74 Å². The Morgan fingerprint density at radius 3 is 2.81 bits per heavy atom. The summed E-state index contributed by atoms with van der Waals surface area (Å²) < 4.78 is 5.90. The molecule has 0 N–H and O–H groups in total. The van der Waals surface area contributed by atoms with Crippen LogP contribution >= 0.6 is 0 Å². The molecular weight excluding hydrogens is 328 g/mol. The van der Waals surface area contributed by atoms with Gasteiger partial charge in [0.25, 0.3) is 0 Å². The summed E-state index contributed by atoms with van der Waals surface area (Å²) in [7, 11) is 0. The molecule has 5 heterocycles. The van der Waals surface area contributed by atoms with Gasteiger partial charge in [0.15, 0.2) is 5.82 Å². The van der Waals surface area contributed by atoms with E-state index in [0.717, 1.165) is 42.3 Å². The van der Waals surface area contributed by atoms with Crippen molar-refractivity contribution in [3.8, 4) is 11.4 Å². The zero-order valence-electron chi connectivity index (χ0n) is 14.2. The van der Waals surface area contributed by atoms with Crippen LogP contribution in [0.2, 0.25) is 0 Å². The molecule has 3 aromatic heterocycles. The molecule has 0 aromatic carbocycles. The molecule has 2 aliphatic rings. The first-order chi connectivity index (χ1) is 12.8. The van der Waals surface area contributed by atoms with Crippen molar-refractivity contribution in [1.82, 2.24) is 24.9 Å². The van der Waals surface area contributed by atoms with Gasteiger partial charge in [-0.1, -0.05) is 0 Å². The Bertz CT molecular complexity index is 920. The lowest BCUT2D eigenvalue weighted by atomic mass is 9.80. The lowest BCUT2D eigenvalue weighted by molar-refractivity contribution is 0.0557. The molecule has 1 atom stereocenters. The normalized spacial score (nSPS) is 21.8. The van der Waals surface area contributed by atoms with Gasteiger partial charge in [-0.3, -0.25) is 4.98 Å². The number of rotatable bonds is 2. The third-order valence-electron chi connectivity index (χ3n) is 5.11. The molecule has 1 fully saturated rings. The molecule has 7 nitrogen and oxygen atoms in total. The van der Waals surface area contributed by atoms with Crippen LogP contribution < -0.4 is 4.90 Å². The Labute approximate surface area is 151 Å². The Morgan fingerprint density at radius 1 is 1.04 bits per heavy atom. The van der Waals surface area contributed by atoms with Crippen molar-refractivity contribution in [1.29, 1.82) is 0 Å². The standard InChI is InChI=1S/C19H18N6O/c1-3-14(9-20-5-1)17-23-10-15-11-26-13-19(16(15)24-17)4-8-25(12-19)18-21-6-2-7-22-18/h1-3,5-7,9-10H,4,8,11-13H2. The van der Waals surface area contributed by atoms with Crippen molar-refractivity contribution in [2.24, 2.45) is 0 Å². The van der Waals surface area contributed by atoms with Crippen molar-refractivity contribution in [2.45, 2.75) is 18.4 Å². The summed E-state index contributed by atoms with van der Waals surface area (Å²) in [6.45, 7) is 2.91. The van der Waals surface area contributed by atoms with Crippen LogP contribution in [0.1, 0.15) is 17.7 Å². The highest BCUT2D eigenvalue weighted by Gasteiger charge is 2.45. The Kier molecular flexibility index (Phi) is 3.60. The van der Waals surface area contributed by atoms with Crippen LogP contribution in [0.15, 0.2) is 49.2 Å². The Morgan fingerprint density at radius 2 is 1.96 bits per heavy atom. The fourth-order valence-electron chi connectivity index (χ4n) is 3.84. The smallest absolute Gasteiger partial charge is 0.225 e. The Hall–Kier alpha value is -2.93. The molecule has 3 aromatic rings. The van der Waals surface area contributed by atoms with Gasteiger partial charge < -0.3 is 9.64 Å². The van der Waals surface area contributed by atoms with E-state index in [0.29, 0.717) is 19.0 Å². The van der Waals surface area contributed by atoms with Crippen LogP contribution in [0, 0.1) is 0 Å². The minimum atomic E-state index is -0.146. The van der Waals surface area contributed by atoms with E-state index in [4.69, 9.17) is 9.72 Å². The van der Waals surface area contributed by atoms with E-state index < -0.39 is 0 Å². The second kappa shape index (κ2) is 6.10.